The molecule has 0 spiro atoms. The summed E-state index contributed by atoms with van der Waals surface area (Å²) in [5.41, 5.74) is 5.11. The highest BCUT2D eigenvalue weighted by molar-refractivity contribution is 14.0. The van der Waals surface area contributed by atoms with Crippen molar-refractivity contribution in [3.63, 3.8) is 0 Å². The average Bonchev–Trinajstić information content (AvgIpc) is 2.73. The fourth-order valence-corrected chi connectivity index (χ4v) is 3.02. The Labute approximate surface area is 149 Å². The van der Waals surface area contributed by atoms with Gasteiger partial charge in [0.15, 0.2) is 11.7 Å². The number of hydrogen-bond donors (Lipinski definition) is 1. The number of alkyl halides is 3. The summed E-state index contributed by atoms with van der Waals surface area (Å²) in [5.74, 6) is 0.490. The zero-order valence-corrected chi connectivity index (χ0v) is 15.3. The first-order valence-electron chi connectivity index (χ1n) is 7.03. The largest absolute Gasteiger partial charge is 0.434 e. The quantitative estimate of drug-likeness (QED) is 0.438. The molecular formula is C13H20F3IN4S. The van der Waals surface area contributed by atoms with Gasteiger partial charge in [-0.1, -0.05) is 12.8 Å². The van der Waals surface area contributed by atoms with Crippen molar-refractivity contribution in [1.82, 2.24) is 9.88 Å². The summed E-state index contributed by atoms with van der Waals surface area (Å²) in [6.45, 7) is 2.18. The molecule has 0 radical (unpaired) electrons. The second kappa shape index (κ2) is 8.90. The van der Waals surface area contributed by atoms with E-state index in [9.17, 15) is 13.2 Å². The Bertz CT molecular complexity index is 482. The molecule has 0 unspecified atom stereocenters. The number of nitrogens with zero attached hydrogens (tertiary/aromatic N) is 3. The van der Waals surface area contributed by atoms with Crippen molar-refractivity contribution >= 4 is 41.3 Å². The number of aliphatic imine (C=N–C) groups is 1. The number of halogens is 4. The van der Waals surface area contributed by atoms with Crippen molar-refractivity contribution in [3.8, 4) is 0 Å². The summed E-state index contributed by atoms with van der Waals surface area (Å²) >= 11 is 1.01. The Kier molecular flexibility index (Phi) is 7.87. The van der Waals surface area contributed by atoms with Crippen LogP contribution in [-0.2, 0) is 12.6 Å². The molecule has 1 aromatic rings. The Morgan fingerprint density at radius 1 is 1.27 bits per heavy atom. The van der Waals surface area contributed by atoms with E-state index >= 15 is 0 Å². The van der Waals surface area contributed by atoms with E-state index in [1.54, 1.807) is 0 Å². The molecule has 0 amide bonds. The van der Waals surface area contributed by atoms with Gasteiger partial charge in [-0.05, 0) is 12.8 Å². The number of likely N-dealkylation sites (tertiary alicyclic amines) is 1. The van der Waals surface area contributed by atoms with Crippen LogP contribution in [0.5, 0.6) is 0 Å². The van der Waals surface area contributed by atoms with E-state index in [0.717, 1.165) is 42.6 Å². The lowest BCUT2D eigenvalue weighted by Gasteiger charge is -2.20. The van der Waals surface area contributed by atoms with Crippen LogP contribution in [0.15, 0.2) is 10.4 Å². The Balaban J connectivity index is 0.00000242. The summed E-state index contributed by atoms with van der Waals surface area (Å²) in [6.07, 6.45) is 0.653. The molecule has 4 nitrogen and oxygen atoms in total. The summed E-state index contributed by atoms with van der Waals surface area (Å²) < 4.78 is 37.3. The number of hydrogen-bond acceptors (Lipinski definition) is 3. The molecule has 2 heterocycles. The fraction of sp³-hybridized carbons (Fsp3) is 0.692. The van der Waals surface area contributed by atoms with Crippen molar-refractivity contribution < 1.29 is 13.2 Å². The van der Waals surface area contributed by atoms with Gasteiger partial charge in [0.1, 0.15) is 0 Å². The van der Waals surface area contributed by atoms with Gasteiger partial charge in [-0.2, -0.15) is 13.2 Å². The zero-order valence-electron chi connectivity index (χ0n) is 12.1. The molecule has 9 heteroatoms. The van der Waals surface area contributed by atoms with Crippen LogP contribution in [-0.4, -0.2) is 35.5 Å². The van der Waals surface area contributed by atoms with Crippen molar-refractivity contribution in [2.75, 3.05) is 19.6 Å². The van der Waals surface area contributed by atoms with Gasteiger partial charge in [0.25, 0.3) is 0 Å². The minimum atomic E-state index is -4.37. The van der Waals surface area contributed by atoms with E-state index in [0.29, 0.717) is 23.9 Å². The molecule has 1 aliphatic rings. The topological polar surface area (TPSA) is 54.5 Å². The lowest BCUT2D eigenvalue weighted by molar-refractivity contribution is -0.140. The van der Waals surface area contributed by atoms with Gasteiger partial charge in [0.2, 0.25) is 0 Å². The fourth-order valence-electron chi connectivity index (χ4n) is 2.22. The van der Waals surface area contributed by atoms with Crippen LogP contribution < -0.4 is 5.73 Å². The Morgan fingerprint density at radius 3 is 2.45 bits per heavy atom. The van der Waals surface area contributed by atoms with Gasteiger partial charge < -0.3 is 10.6 Å². The minimum Gasteiger partial charge on any atom is -0.370 e. The zero-order chi connectivity index (χ0) is 15.3. The van der Waals surface area contributed by atoms with E-state index in [1.165, 1.54) is 12.8 Å². The smallest absolute Gasteiger partial charge is 0.370 e. The lowest BCUT2D eigenvalue weighted by atomic mass is 10.2. The lowest BCUT2D eigenvalue weighted by Crippen LogP contribution is -2.38. The second-order valence-corrected chi connectivity index (χ2v) is 5.96. The molecule has 2 N–H and O–H groups in total. The Morgan fingerprint density at radius 2 is 1.91 bits per heavy atom. The van der Waals surface area contributed by atoms with E-state index < -0.39 is 11.9 Å². The van der Waals surface area contributed by atoms with Crippen LogP contribution in [0.25, 0.3) is 0 Å². The highest BCUT2D eigenvalue weighted by Gasteiger charge is 2.33. The van der Waals surface area contributed by atoms with Gasteiger partial charge in [-0.3, -0.25) is 4.99 Å². The maximum atomic E-state index is 12.4. The van der Waals surface area contributed by atoms with E-state index in [-0.39, 0.29) is 24.0 Å². The van der Waals surface area contributed by atoms with Crippen LogP contribution in [0.2, 0.25) is 0 Å². The maximum absolute atomic E-state index is 12.4. The van der Waals surface area contributed by atoms with E-state index in [1.807, 2.05) is 0 Å². The van der Waals surface area contributed by atoms with Gasteiger partial charge in [-0.25, -0.2) is 4.98 Å². The molecule has 1 fully saturated rings. The van der Waals surface area contributed by atoms with Crippen LogP contribution in [0, 0.1) is 0 Å². The van der Waals surface area contributed by atoms with E-state index in [4.69, 9.17) is 5.73 Å². The molecule has 2 rings (SSSR count). The van der Waals surface area contributed by atoms with Crippen molar-refractivity contribution in [2.45, 2.75) is 38.3 Å². The first-order valence-corrected chi connectivity index (χ1v) is 7.91. The van der Waals surface area contributed by atoms with Crippen LogP contribution in [0.1, 0.15) is 36.4 Å². The number of guanidine groups is 1. The molecule has 22 heavy (non-hydrogen) atoms. The molecular weight excluding hydrogens is 428 g/mol. The molecule has 1 aromatic heterocycles. The first-order chi connectivity index (χ1) is 9.97. The summed E-state index contributed by atoms with van der Waals surface area (Å²) in [5, 5.41) is 1.48. The van der Waals surface area contributed by atoms with Gasteiger partial charge in [-0.15, -0.1) is 35.3 Å². The number of aromatic nitrogens is 1. The Hall–Kier alpha value is -0.580. The third-order valence-electron chi connectivity index (χ3n) is 3.37. The van der Waals surface area contributed by atoms with Crippen LogP contribution in [0.3, 0.4) is 0 Å². The molecule has 0 bridgehead atoms. The number of rotatable bonds is 3. The summed E-state index contributed by atoms with van der Waals surface area (Å²) in [6, 6.07) is 0. The molecule has 1 aliphatic heterocycles. The predicted molar refractivity (Wildman–Crippen MR) is 92.8 cm³/mol. The SMILES string of the molecule is I.NC(=NCCc1nc(C(F)(F)F)cs1)N1CCCCCC1. The number of thiazole rings is 1. The third-order valence-corrected chi connectivity index (χ3v) is 4.28. The van der Waals surface area contributed by atoms with Crippen molar-refractivity contribution in [3.05, 3.63) is 16.1 Å². The summed E-state index contributed by atoms with van der Waals surface area (Å²) in [4.78, 5) is 9.89. The van der Waals surface area contributed by atoms with Gasteiger partial charge in [0.05, 0.1) is 5.01 Å². The average molecular weight is 448 g/mol. The van der Waals surface area contributed by atoms with Gasteiger partial charge >= 0.3 is 6.18 Å². The van der Waals surface area contributed by atoms with E-state index in [2.05, 4.69) is 14.9 Å². The molecule has 0 atom stereocenters. The predicted octanol–water partition coefficient (Wildman–Crippen LogP) is 3.51. The third kappa shape index (κ3) is 5.90. The van der Waals surface area contributed by atoms with Crippen molar-refractivity contribution in [1.29, 1.82) is 0 Å². The molecule has 126 valence electrons. The normalized spacial score (nSPS) is 17.0. The number of nitrogens with two attached hydrogens (primary N) is 1. The second-order valence-electron chi connectivity index (χ2n) is 5.02. The van der Waals surface area contributed by atoms with Crippen molar-refractivity contribution in [2.24, 2.45) is 10.7 Å². The first kappa shape index (κ1) is 19.5. The molecule has 0 saturated carbocycles. The maximum Gasteiger partial charge on any atom is 0.434 e. The monoisotopic (exact) mass is 448 g/mol. The standard InChI is InChI=1S/C13H19F3N4S.HI/c14-13(15,16)10-9-21-11(19-10)5-6-18-12(17)20-7-3-1-2-4-8-20;/h9H,1-8H2,(H2,17,18);1H. The van der Waals surface area contributed by atoms with Crippen LogP contribution in [0.4, 0.5) is 13.2 Å². The highest BCUT2D eigenvalue weighted by Crippen LogP contribution is 2.30. The highest BCUT2D eigenvalue weighted by atomic mass is 127. The summed E-state index contributed by atoms with van der Waals surface area (Å²) in [7, 11) is 0. The molecule has 0 aromatic carbocycles. The van der Waals surface area contributed by atoms with Gasteiger partial charge in [0, 0.05) is 31.4 Å². The van der Waals surface area contributed by atoms with Crippen LogP contribution >= 0.6 is 35.3 Å². The minimum absolute atomic E-state index is 0. The molecule has 0 aliphatic carbocycles. The molecule has 1 saturated heterocycles.